The molecule has 544 valence electrons. The summed E-state index contributed by atoms with van der Waals surface area (Å²) in [6, 6.07) is -3.29. The predicted molar refractivity (Wildman–Crippen MR) is 325 cm³/mol. The van der Waals surface area contributed by atoms with Crippen molar-refractivity contribution in [3.63, 3.8) is 0 Å². The van der Waals surface area contributed by atoms with Gasteiger partial charge in [0.1, 0.15) is 121 Å². The van der Waals surface area contributed by atoms with Gasteiger partial charge in [0.15, 0.2) is 30.5 Å². The molecule has 6 aliphatic rings. The number of nitrogens with one attached hydrogen (secondary N) is 11. The highest BCUT2D eigenvalue weighted by atomic mass is 19.1. The lowest BCUT2D eigenvalue weighted by molar-refractivity contribution is -0.353. The van der Waals surface area contributed by atoms with E-state index in [4.69, 9.17) is 39.2 Å². The number of esters is 1. The van der Waals surface area contributed by atoms with E-state index in [0.29, 0.717) is 0 Å². The predicted octanol–water partition coefficient (Wildman–Crippen LogP) is -11.5. The first kappa shape index (κ1) is 76.1. The van der Waals surface area contributed by atoms with Gasteiger partial charge in [0, 0.05) is 31.8 Å². The Morgan fingerprint density at radius 1 is 0.612 bits per heavy atom. The number of carbonyl (C=O) groups is 7. The van der Waals surface area contributed by atoms with Crippen molar-refractivity contribution in [3.8, 4) is 5.75 Å². The molecule has 6 fully saturated rings. The molecule has 39 heteroatoms. The smallest absolute Gasteiger partial charge is 0.306 e. The minimum Gasteiger partial charge on any atom is -0.462 e. The molecule has 2 aromatic carbocycles. The number of hydrogen-bond donors (Lipinski definition) is 24. The highest BCUT2D eigenvalue weighted by Crippen LogP contribution is 2.33. The summed E-state index contributed by atoms with van der Waals surface area (Å²) < 4.78 is 48.8. The topological polar surface area (TPSA) is 597 Å². The lowest BCUT2D eigenvalue weighted by Gasteiger charge is -2.46. The van der Waals surface area contributed by atoms with Crippen LogP contribution in [0.5, 0.6) is 5.75 Å². The SMILES string of the molecule is CC(C)CC(=O)OC1C(O)C(CO)OC(OC2C(CO)OC(Oc3ccc(CC4NC(=O)C(C(C)c5cccc(F)c5)NC(=O)CNC(=O)C(CO)NC(=O)C(C(O)C5CNC(=N)N5C5OC(CO)C(O)C(O)C5O)NC(=O)C(C(O)C5CNC(=N)N5)NC4=O)cc3)C(O)C2O)C1O. The molecule has 0 aliphatic carbocycles. The fraction of sp³-hybridized carbons (Fsp3) is 0.644. The van der Waals surface area contributed by atoms with E-state index in [1.54, 1.807) is 13.8 Å². The second-order valence-electron chi connectivity index (χ2n) is 24.8. The normalized spacial score (nSPS) is 35.7. The standard InChI is InChI=1S/C59H85FN12O26/c1-21(2)11-35(78)97-49-42(82)32(19-75)95-57(47(49)87)98-48-33(20-76)96-56(46(86)44(48)84)93-26-9-7-23(8-10-26)12-27-51(89)70-37(39(79)28-14-64-58(61)68-28)54(92)71-38(40(80)30-15-65-59(62)72(30)55-45(85)43(83)41(81)31(18-74)94-55)53(91)67-29(17-73)50(88)63-16-34(77)69-36(52(90)66-27)22(3)24-5-4-6-25(60)13-24/h4-10,13,21-22,27-33,36-49,55-57,73-76,79-87H,11-12,14-20H2,1-3H3,(H2,62,65)(H,63,88)(H,66,90)(H,67,91)(H,69,77)(H,70,89)(H,71,92)(H3,61,64,68). The maximum Gasteiger partial charge on any atom is 0.306 e. The summed E-state index contributed by atoms with van der Waals surface area (Å²) in [5, 5.41) is 181. The molecule has 98 heavy (non-hydrogen) atoms. The third kappa shape index (κ3) is 17.7. The zero-order valence-electron chi connectivity index (χ0n) is 52.9. The number of carbonyl (C=O) groups excluding carboxylic acids is 7. The van der Waals surface area contributed by atoms with Crippen LogP contribution in [0.3, 0.4) is 0 Å². The molecule has 0 aromatic heterocycles. The van der Waals surface area contributed by atoms with Crippen LogP contribution in [0.25, 0.3) is 0 Å². The number of guanidine groups is 2. The fourth-order valence-electron chi connectivity index (χ4n) is 12.0. The van der Waals surface area contributed by atoms with E-state index in [-0.39, 0.29) is 41.7 Å². The number of halogens is 1. The molecule has 24 N–H and O–H groups in total. The van der Waals surface area contributed by atoms with Crippen LogP contribution in [0, 0.1) is 22.6 Å². The average Bonchev–Trinajstić information content (AvgIpc) is 1.44. The molecule has 25 atom stereocenters. The summed E-state index contributed by atoms with van der Waals surface area (Å²) in [4.78, 5) is 101. The first-order valence-electron chi connectivity index (χ1n) is 31.4. The second-order valence-corrected chi connectivity index (χ2v) is 24.8. The summed E-state index contributed by atoms with van der Waals surface area (Å²) in [7, 11) is 0. The van der Waals surface area contributed by atoms with Crippen molar-refractivity contribution >= 4 is 53.3 Å². The molecule has 6 amide bonds. The summed E-state index contributed by atoms with van der Waals surface area (Å²) in [5.41, 5.74) is 0.280. The summed E-state index contributed by atoms with van der Waals surface area (Å²) >= 11 is 0. The number of amides is 6. The van der Waals surface area contributed by atoms with Crippen molar-refractivity contribution in [2.24, 2.45) is 5.92 Å². The van der Waals surface area contributed by atoms with E-state index in [2.05, 4.69) is 47.9 Å². The number of hydrogen-bond acceptors (Lipinski definition) is 28. The maximum atomic E-state index is 15.2. The van der Waals surface area contributed by atoms with Crippen LogP contribution in [0.2, 0.25) is 0 Å². The molecule has 2 aromatic rings. The number of nitrogens with zero attached hydrogens (tertiary/aromatic N) is 1. The second kappa shape index (κ2) is 33.5. The quantitative estimate of drug-likeness (QED) is 0.0547. The van der Waals surface area contributed by atoms with Crippen molar-refractivity contribution in [1.29, 1.82) is 10.8 Å². The van der Waals surface area contributed by atoms with Gasteiger partial charge < -0.3 is 148 Å². The van der Waals surface area contributed by atoms with E-state index >= 15 is 9.59 Å². The third-order valence-corrected chi connectivity index (χ3v) is 17.5. The number of ether oxygens (including phenoxy) is 6. The molecular formula is C59H85FN12O26. The fourth-order valence-corrected chi connectivity index (χ4v) is 12.0. The van der Waals surface area contributed by atoms with Gasteiger partial charge in [0.05, 0.1) is 45.1 Å². The van der Waals surface area contributed by atoms with Crippen molar-refractivity contribution in [2.45, 2.75) is 186 Å². The Morgan fingerprint density at radius 3 is 1.87 bits per heavy atom. The minimum atomic E-state index is -2.39. The minimum absolute atomic E-state index is 0.111. The van der Waals surface area contributed by atoms with Gasteiger partial charge in [0.2, 0.25) is 41.7 Å². The number of aliphatic hydroxyl groups is 13. The van der Waals surface area contributed by atoms with Crippen LogP contribution in [0.4, 0.5) is 4.39 Å². The van der Waals surface area contributed by atoms with Crippen LogP contribution in [-0.2, 0) is 63.7 Å². The molecule has 6 aliphatic heterocycles. The van der Waals surface area contributed by atoms with E-state index in [1.807, 2.05) is 0 Å². The largest absolute Gasteiger partial charge is 0.462 e. The van der Waals surface area contributed by atoms with Gasteiger partial charge in [-0.2, -0.15) is 0 Å². The van der Waals surface area contributed by atoms with Crippen molar-refractivity contribution in [2.75, 3.05) is 46.1 Å². The number of rotatable bonds is 20. The Labute approximate surface area is 557 Å². The first-order valence-corrected chi connectivity index (χ1v) is 31.4. The summed E-state index contributed by atoms with van der Waals surface area (Å²) in [5.74, 6) is -11.8. The van der Waals surface area contributed by atoms with E-state index in [1.165, 1.54) is 43.3 Å². The maximum absolute atomic E-state index is 15.2. The van der Waals surface area contributed by atoms with Gasteiger partial charge in [-0.3, -0.25) is 44.4 Å². The van der Waals surface area contributed by atoms with Crippen LogP contribution in [0.15, 0.2) is 48.5 Å². The van der Waals surface area contributed by atoms with Gasteiger partial charge in [-0.15, -0.1) is 0 Å². The molecule has 0 bridgehead atoms. The Bertz CT molecular complexity index is 3150. The molecule has 6 heterocycles. The van der Waals surface area contributed by atoms with Gasteiger partial charge in [-0.05, 0) is 41.3 Å². The zero-order valence-corrected chi connectivity index (χ0v) is 52.9. The third-order valence-electron chi connectivity index (χ3n) is 17.5. The molecule has 6 saturated heterocycles. The van der Waals surface area contributed by atoms with Crippen molar-refractivity contribution in [3.05, 3.63) is 65.5 Å². The first-order chi connectivity index (χ1) is 46.5. The van der Waals surface area contributed by atoms with Gasteiger partial charge in [0.25, 0.3) is 0 Å². The van der Waals surface area contributed by atoms with Gasteiger partial charge >= 0.3 is 5.97 Å². The summed E-state index contributed by atoms with van der Waals surface area (Å²) in [6.07, 6.45) is -32.5. The van der Waals surface area contributed by atoms with E-state index in [9.17, 15) is 94.7 Å². The Kier molecular flexibility index (Phi) is 26.0. The lowest BCUT2D eigenvalue weighted by Crippen LogP contribution is -2.69. The molecule has 25 unspecified atom stereocenters. The van der Waals surface area contributed by atoms with Crippen LogP contribution >= 0.6 is 0 Å². The van der Waals surface area contributed by atoms with Crippen LogP contribution in [0.1, 0.15) is 44.2 Å². The number of benzene rings is 2. The Morgan fingerprint density at radius 2 is 1.23 bits per heavy atom. The van der Waals surface area contributed by atoms with Crippen molar-refractivity contribution in [1.82, 2.24) is 52.8 Å². The van der Waals surface area contributed by atoms with E-state index in [0.717, 1.165) is 17.0 Å². The monoisotopic (exact) mass is 1400 g/mol. The van der Waals surface area contributed by atoms with Gasteiger partial charge in [-0.1, -0.05) is 45.0 Å². The Hall–Kier alpha value is -7.68. The molecule has 8 rings (SSSR count). The van der Waals surface area contributed by atoms with Crippen LogP contribution < -0.4 is 52.6 Å². The zero-order chi connectivity index (χ0) is 71.7. The Balaban J connectivity index is 1.10. The molecule has 0 radical (unpaired) electrons. The molecule has 0 spiro atoms. The van der Waals surface area contributed by atoms with Crippen molar-refractivity contribution < 1.29 is 133 Å². The highest BCUT2D eigenvalue weighted by Gasteiger charge is 2.55. The molecular weight excluding hydrogens is 1310 g/mol. The van der Waals surface area contributed by atoms with Gasteiger partial charge in [-0.25, -0.2) is 4.39 Å². The lowest BCUT2D eigenvalue weighted by atomic mass is 9.91. The van der Waals surface area contributed by atoms with Crippen LogP contribution in [-0.4, -0.2) is 317 Å². The summed E-state index contributed by atoms with van der Waals surface area (Å²) in [6.45, 7) is -0.879. The number of aliphatic hydroxyl groups excluding tert-OH is 13. The molecule has 0 saturated carbocycles. The highest BCUT2D eigenvalue weighted by molar-refractivity contribution is 5.98. The average molecular weight is 1400 g/mol. The van der Waals surface area contributed by atoms with E-state index < -0.39 is 252 Å². The molecule has 38 nitrogen and oxygen atoms in total.